The van der Waals surface area contributed by atoms with E-state index in [-0.39, 0.29) is 17.0 Å². The van der Waals surface area contributed by atoms with Crippen LogP contribution < -0.4 is 4.74 Å². The highest BCUT2D eigenvalue weighted by atomic mass is 35.5. The Kier molecular flexibility index (Phi) is 5.35. The number of aromatic nitrogens is 2. The number of oxime groups is 1. The zero-order valence-electron chi connectivity index (χ0n) is 11.8. The highest BCUT2D eigenvalue weighted by molar-refractivity contribution is 7.98. The fourth-order valence-corrected chi connectivity index (χ4v) is 2.27. The number of hydrogen-bond donors (Lipinski definition) is 1. The van der Waals surface area contributed by atoms with E-state index in [0.717, 1.165) is 0 Å². The molecule has 1 aromatic carbocycles. The highest BCUT2D eigenvalue weighted by Gasteiger charge is 2.20. The van der Waals surface area contributed by atoms with Crippen molar-refractivity contribution in [2.45, 2.75) is 5.16 Å². The molecular formula is C14H12ClN3O3S. The van der Waals surface area contributed by atoms with E-state index in [2.05, 4.69) is 15.1 Å². The first-order valence-electron chi connectivity index (χ1n) is 6.08. The molecule has 22 heavy (non-hydrogen) atoms. The first kappa shape index (κ1) is 16.3. The zero-order valence-corrected chi connectivity index (χ0v) is 13.4. The van der Waals surface area contributed by atoms with Gasteiger partial charge in [0.05, 0.1) is 12.1 Å². The van der Waals surface area contributed by atoms with Crippen molar-refractivity contribution in [1.29, 1.82) is 0 Å². The lowest BCUT2D eigenvalue weighted by atomic mass is 10.0. The van der Waals surface area contributed by atoms with E-state index in [1.807, 2.05) is 0 Å². The summed E-state index contributed by atoms with van der Waals surface area (Å²) >= 11 is 7.25. The molecule has 0 aliphatic heterocycles. The van der Waals surface area contributed by atoms with Crippen LogP contribution in [0, 0.1) is 0 Å². The van der Waals surface area contributed by atoms with Crippen molar-refractivity contribution in [3.05, 3.63) is 46.7 Å². The number of ether oxygens (including phenoxy) is 1. The van der Waals surface area contributed by atoms with Gasteiger partial charge in [0, 0.05) is 11.8 Å². The minimum absolute atomic E-state index is 0.179. The van der Waals surface area contributed by atoms with E-state index < -0.39 is 5.78 Å². The summed E-state index contributed by atoms with van der Waals surface area (Å²) in [6.45, 7) is 0. The molecule has 0 aliphatic rings. The molecule has 0 spiro atoms. The normalized spacial score (nSPS) is 11.3. The Labute approximate surface area is 136 Å². The van der Waals surface area contributed by atoms with Crippen molar-refractivity contribution >= 4 is 34.9 Å². The largest absolute Gasteiger partial charge is 0.495 e. The predicted octanol–water partition coefficient (Wildman–Crippen LogP) is 2.92. The third-order valence-electron chi connectivity index (χ3n) is 2.79. The molecule has 1 aromatic heterocycles. The number of methoxy groups -OCH3 is 1. The summed E-state index contributed by atoms with van der Waals surface area (Å²) in [6.07, 6.45) is 3.30. The summed E-state index contributed by atoms with van der Waals surface area (Å²) in [5, 5.41) is 13.1. The first-order valence-corrected chi connectivity index (χ1v) is 7.68. The molecule has 8 heteroatoms. The van der Waals surface area contributed by atoms with Gasteiger partial charge < -0.3 is 9.94 Å². The van der Waals surface area contributed by atoms with E-state index in [1.54, 1.807) is 6.26 Å². The number of hydrogen-bond acceptors (Lipinski definition) is 7. The molecule has 0 fully saturated rings. The van der Waals surface area contributed by atoms with Gasteiger partial charge in [0.15, 0.2) is 10.9 Å². The van der Waals surface area contributed by atoms with Gasteiger partial charge in [-0.1, -0.05) is 28.5 Å². The Morgan fingerprint density at radius 2 is 2.18 bits per heavy atom. The number of halogens is 1. The van der Waals surface area contributed by atoms with Crippen molar-refractivity contribution < 1.29 is 14.7 Å². The number of benzene rings is 1. The minimum Gasteiger partial charge on any atom is -0.495 e. The Balaban J connectivity index is 2.41. The summed E-state index contributed by atoms with van der Waals surface area (Å²) in [4.78, 5) is 20.7. The second-order valence-electron chi connectivity index (χ2n) is 4.06. The Bertz CT molecular complexity index is 737. The quantitative estimate of drug-likeness (QED) is 0.225. The van der Waals surface area contributed by atoms with Gasteiger partial charge in [-0.25, -0.2) is 9.97 Å². The van der Waals surface area contributed by atoms with Crippen LogP contribution >= 0.6 is 23.4 Å². The van der Waals surface area contributed by atoms with Crippen molar-refractivity contribution in [2.24, 2.45) is 5.16 Å². The summed E-state index contributed by atoms with van der Waals surface area (Å²) in [5.41, 5.74) is 0.334. The van der Waals surface area contributed by atoms with E-state index in [0.29, 0.717) is 15.9 Å². The SMILES string of the molecule is COc1cc(C(=O)C(=NO)c2ccnc(SC)n2)ccc1Cl. The third kappa shape index (κ3) is 3.37. The molecule has 0 aliphatic carbocycles. The van der Waals surface area contributed by atoms with Crippen LogP contribution in [-0.4, -0.2) is 40.0 Å². The summed E-state index contributed by atoms with van der Waals surface area (Å²) in [5.74, 6) is -0.138. The van der Waals surface area contributed by atoms with Gasteiger partial charge in [-0.3, -0.25) is 4.79 Å². The van der Waals surface area contributed by atoms with E-state index in [4.69, 9.17) is 16.3 Å². The van der Waals surface area contributed by atoms with Gasteiger partial charge >= 0.3 is 0 Å². The van der Waals surface area contributed by atoms with Crippen LogP contribution in [0.25, 0.3) is 0 Å². The summed E-state index contributed by atoms with van der Waals surface area (Å²) in [7, 11) is 1.45. The van der Waals surface area contributed by atoms with Crippen molar-refractivity contribution in [1.82, 2.24) is 9.97 Å². The lowest BCUT2D eigenvalue weighted by molar-refractivity contribution is 0.106. The third-order valence-corrected chi connectivity index (χ3v) is 3.66. The minimum atomic E-state index is -0.497. The van der Waals surface area contributed by atoms with E-state index >= 15 is 0 Å². The number of Topliss-reactive ketones (excluding diaryl/α,β-unsaturated/α-hetero) is 1. The van der Waals surface area contributed by atoms with Gasteiger partial charge in [0.25, 0.3) is 0 Å². The number of ketones is 1. The molecule has 0 unspecified atom stereocenters. The Morgan fingerprint density at radius 3 is 2.82 bits per heavy atom. The van der Waals surface area contributed by atoms with Crippen LogP contribution in [0.3, 0.4) is 0 Å². The standard InChI is InChI=1S/C14H12ClN3O3S/c1-21-11-7-8(3-4-9(11)15)13(19)12(18-20)10-5-6-16-14(17-10)22-2/h3-7,20H,1-2H3. The number of carbonyl (C=O) groups excluding carboxylic acids is 1. The second-order valence-corrected chi connectivity index (χ2v) is 5.24. The molecule has 6 nitrogen and oxygen atoms in total. The maximum atomic E-state index is 12.5. The van der Waals surface area contributed by atoms with Gasteiger partial charge in [-0.05, 0) is 30.5 Å². The number of carbonyl (C=O) groups is 1. The molecular weight excluding hydrogens is 326 g/mol. The molecule has 0 saturated carbocycles. The first-order chi connectivity index (χ1) is 10.6. The van der Waals surface area contributed by atoms with Crippen LogP contribution in [0.4, 0.5) is 0 Å². The monoisotopic (exact) mass is 337 g/mol. The topological polar surface area (TPSA) is 84.7 Å². The number of nitrogens with zero attached hydrogens (tertiary/aromatic N) is 3. The lowest BCUT2D eigenvalue weighted by Gasteiger charge is -2.07. The average molecular weight is 338 g/mol. The molecule has 1 heterocycles. The maximum absolute atomic E-state index is 12.5. The van der Waals surface area contributed by atoms with Crippen molar-refractivity contribution in [3.63, 3.8) is 0 Å². The lowest BCUT2D eigenvalue weighted by Crippen LogP contribution is -2.18. The van der Waals surface area contributed by atoms with Crippen molar-refractivity contribution in [2.75, 3.05) is 13.4 Å². The van der Waals surface area contributed by atoms with Crippen LogP contribution in [0.1, 0.15) is 16.1 Å². The van der Waals surface area contributed by atoms with Gasteiger partial charge in [0.1, 0.15) is 11.4 Å². The van der Waals surface area contributed by atoms with Crippen LogP contribution in [0.2, 0.25) is 5.02 Å². The van der Waals surface area contributed by atoms with Gasteiger partial charge in [-0.2, -0.15) is 0 Å². The van der Waals surface area contributed by atoms with Gasteiger partial charge in [0.2, 0.25) is 5.78 Å². The Morgan fingerprint density at radius 1 is 1.41 bits per heavy atom. The molecule has 0 bridgehead atoms. The summed E-state index contributed by atoms with van der Waals surface area (Å²) < 4.78 is 5.08. The molecule has 0 saturated heterocycles. The Hall–Kier alpha value is -2.12. The van der Waals surface area contributed by atoms with Gasteiger partial charge in [-0.15, -0.1) is 0 Å². The molecule has 0 atom stereocenters. The highest BCUT2D eigenvalue weighted by Crippen LogP contribution is 2.25. The zero-order chi connectivity index (χ0) is 16.1. The van der Waals surface area contributed by atoms with E-state index in [1.165, 1.54) is 49.3 Å². The number of rotatable bonds is 5. The smallest absolute Gasteiger partial charge is 0.217 e. The van der Waals surface area contributed by atoms with Crippen LogP contribution in [0.5, 0.6) is 5.75 Å². The average Bonchev–Trinajstić information content (AvgIpc) is 2.56. The number of thioether (sulfide) groups is 1. The molecule has 1 N–H and O–H groups in total. The molecule has 114 valence electrons. The van der Waals surface area contributed by atoms with E-state index in [9.17, 15) is 10.0 Å². The predicted molar refractivity (Wildman–Crippen MR) is 84.5 cm³/mol. The fourth-order valence-electron chi connectivity index (χ4n) is 1.72. The molecule has 2 aromatic rings. The van der Waals surface area contributed by atoms with Crippen LogP contribution in [-0.2, 0) is 0 Å². The molecule has 0 radical (unpaired) electrons. The molecule has 2 rings (SSSR count). The van der Waals surface area contributed by atoms with Crippen molar-refractivity contribution in [3.8, 4) is 5.75 Å². The molecule has 0 amide bonds. The fraction of sp³-hybridized carbons (Fsp3) is 0.143. The summed E-state index contributed by atoms with van der Waals surface area (Å²) in [6, 6.07) is 6.04. The second kappa shape index (κ2) is 7.24. The maximum Gasteiger partial charge on any atom is 0.217 e. The van der Waals surface area contributed by atoms with Crippen LogP contribution in [0.15, 0.2) is 40.8 Å².